The number of para-hydroxylation sites is 2. The molecule has 0 saturated carbocycles. The molecule has 0 heterocycles. The molecule has 0 saturated heterocycles. The second-order valence-electron chi connectivity index (χ2n) is 5.63. The fourth-order valence-corrected chi connectivity index (χ4v) is 2.48. The molecule has 0 atom stereocenters. The lowest BCUT2D eigenvalue weighted by atomic mass is 10.0. The number of nitro groups is 1. The molecule has 0 aliphatic heterocycles. The molecule has 7 heteroatoms. The van der Waals surface area contributed by atoms with Crippen LogP contribution in [0.5, 0.6) is 0 Å². The summed E-state index contributed by atoms with van der Waals surface area (Å²) in [6, 6.07) is 20.5. The Morgan fingerprint density at radius 2 is 1.33 bits per heavy atom. The third-order valence-corrected chi connectivity index (χ3v) is 3.79. The van der Waals surface area contributed by atoms with E-state index in [9.17, 15) is 19.7 Å². The van der Waals surface area contributed by atoms with Gasteiger partial charge in [-0.2, -0.15) is 0 Å². The Balaban J connectivity index is 1.67. The number of carbonyl (C=O) groups is 2. The number of amides is 2. The highest BCUT2D eigenvalue weighted by molar-refractivity contribution is 6.09. The monoisotopic (exact) mass is 361 g/mol. The molecule has 0 unspecified atom stereocenters. The highest BCUT2D eigenvalue weighted by Gasteiger charge is 2.15. The first-order valence-electron chi connectivity index (χ1n) is 8.06. The lowest BCUT2D eigenvalue weighted by molar-refractivity contribution is -0.383. The molecule has 3 aromatic carbocycles. The standard InChI is InChI=1S/C20H15N3O4/c24-19(14-6-2-1-3-7-14)15-10-12-16(13-11-15)21-20(25)22-17-8-4-5-9-18(17)23(26)27/h1-13H,(H2,21,22,25). The van der Waals surface area contributed by atoms with Gasteiger partial charge in [-0.15, -0.1) is 0 Å². The molecule has 3 rings (SSSR count). The predicted octanol–water partition coefficient (Wildman–Crippen LogP) is 4.47. The van der Waals surface area contributed by atoms with Crippen molar-refractivity contribution in [2.75, 3.05) is 10.6 Å². The van der Waals surface area contributed by atoms with Gasteiger partial charge in [0.1, 0.15) is 5.69 Å². The quantitative estimate of drug-likeness (QED) is 0.398. The molecule has 3 aromatic rings. The van der Waals surface area contributed by atoms with E-state index in [1.807, 2.05) is 6.07 Å². The van der Waals surface area contributed by atoms with E-state index in [-0.39, 0.29) is 17.2 Å². The third kappa shape index (κ3) is 4.35. The molecule has 0 fully saturated rings. The normalized spacial score (nSPS) is 10.1. The first kappa shape index (κ1) is 17.8. The van der Waals surface area contributed by atoms with Gasteiger partial charge in [-0.25, -0.2) is 4.79 Å². The van der Waals surface area contributed by atoms with Crippen LogP contribution in [0.4, 0.5) is 21.9 Å². The van der Waals surface area contributed by atoms with Crippen molar-refractivity contribution in [3.63, 3.8) is 0 Å². The minimum atomic E-state index is -0.619. The molecule has 0 aromatic heterocycles. The third-order valence-electron chi connectivity index (χ3n) is 3.79. The van der Waals surface area contributed by atoms with Gasteiger partial charge in [0, 0.05) is 22.9 Å². The molecular weight excluding hydrogens is 346 g/mol. The molecule has 0 spiro atoms. The lowest BCUT2D eigenvalue weighted by Gasteiger charge is -2.08. The Morgan fingerprint density at radius 1 is 0.741 bits per heavy atom. The second kappa shape index (κ2) is 7.92. The van der Waals surface area contributed by atoms with E-state index in [0.717, 1.165) is 0 Å². The van der Waals surface area contributed by atoms with Crippen molar-refractivity contribution in [3.05, 3.63) is 100 Å². The van der Waals surface area contributed by atoms with Gasteiger partial charge in [0.25, 0.3) is 5.69 Å². The fourth-order valence-electron chi connectivity index (χ4n) is 2.48. The van der Waals surface area contributed by atoms with Gasteiger partial charge >= 0.3 is 6.03 Å². The number of benzene rings is 3. The van der Waals surface area contributed by atoms with Crippen molar-refractivity contribution in [2.45, 2.75) is 0 Å². The van der Waals surface area contributed by atoms with Crippen LogP contribution in [0.3, 0.4) is 0 Å². The van der Waals surface area contributed by atoms with E-state index in [2.05, 4.69) is 10.6 Å². The topological polar surface area (TPSA) is 101 Å². The van der Waals surface area contributed by atoms with Gasteiger partial charge in [0.15, 0.2) is 5.78 Å². The van der Waals surface area contributed by atoms with Crippen molar-refractivity contribution in [1.82, 2.24) is 0 Å². The Bertz CT molecular complexity index is 986. The van der Waals surface area contributed by atoms with Crippen LogP contribution in [-0.4, -0.2) is 16.7 Å². The van der Waals surface area contributed by atoms with Crippen LogP contribution in [0.15, 0.2) is 78.9 Å². The van der Waals surface area contributed by atoms with Gasteiger partial charge in [-0.05, 0) is 30.3 Å². The number of carbonyl (C=O) groups excluding carboxylic acids is 2. The molecule has 7 nitrogen and oxygen atoms in total. The number of nitro benzene ring substituents is 1. The maximum absolute atomic E-state index is 12.4. The summed E-state index contributed by atoms with van der Waals surface area (Å²) in [7, 11) is 0. The van der Waals surface area contributed by atoms with Crippen LogP contribution in [0.2, 0.25) is 0 Å². The number of nitrogens with one attached hydrogen (secondary N) is 2. The first-order valence-corrected chi connectivity index (χ1v) is 8.06. The Hall–Kier alpha value is -4.00. The number of urea groups is 1. The van der Waals surface area contributed by atoms with Crippen molar-refractivity contribution < 1.29 is 14.5 Å². The maximum Gasteiger partial charge on any atom is 0.323 e. The van der Waals surface area contributed by atoms with Gasteiger partial charge in [-0.1, -0.05) is 42.5 Å². The number of anilines is 2. The van der Waals surface area contributed by atoms with Crippen LogP contribution in [-0.2, 0) is 0 Å². The highest BCUT2D eigenvalue weighted by atomic mass is 16.6. The summed E-state index contributed by atoms with van der Waals surface area (Å²) in [6.45, 7) is 0. The number of rotatable bonds is 5. The molecule has 2 N–H and O–H groups in total. The summed E-state index contributed by atoms with van der Waals surface area (Å²) in [5, 5.41) is 16.0. The molecule has 134 valence electrons. The van der Waals surface area contributed by atoms with Gasteiger partial charge in [0.05, 0.1) is 4.92 Å². The molecule has 0 radical (unpaired) electrons. The molecule has 0 bridgehead atoms. The van der Waals surface area contributed by atoms with Crippen LogP contribution < -0.4 is 10.6 Å². The molecular formula is C20H15N3O4. The summed E-state index contributed by atoms with van der Waals surface area (Å²) in [5.41, 5.74) is 1.42. The van der Waals surface area contributed by atoms with Crippen LogP contribution >= 0.6 is 0 Å². The van der Waals surface area contributed by atoms with E-state index >= 15 is 0 Å². The van der Waals surface area contributed by atoms with E-state index in [1.54, 1.807) is 54.6 Å². The van der Waals surface area contributed by atoms with E-state index in [1.165, 1.54) is 18.2 Å². The van der Waals surface area contributed by atoms with Crippen molar-refractivity contribution in [2.24, 2.45) is 0 Å². The largest absolute Gasteiger partial charge is 0.323 e. The first-order chi connectivity index (χ1) is 13.0. The summed E-state index contributed by atoms with van der Waals surface area (Å²) in [4.78, 5) is 34.9. The average Bonchev–Trinajstić information content (AvgIpc) is 2.69. The van der Waals surface area contributed by atoms with Crippen molar-refractivity contribution in [3.8, 4) is 0 Å². The lowest BCUT2D eigenvalue weighted by Crippen LogP contribution is -2.20. The van der Waals surface area contributed by atoms with Gasteiger partial charge in [-0.3, -0.25) is 14.9 Å². The Kier molecular flexibility index (Phi) is 5.22. The summed E-state index contributed by atoms with van der Waals surface area (Å²) in [5.74, 6) is -0.119. The van der Waals surface area contributed by atoms with E-state index < -0.39 is 11.0 Å². The Labute approximate surface area is 154 Å². The fraction of sp³-hybridized carbons (Fsp3) is 0. The zero-order valence-corrected chi connectivity index (χ0v) is 14.1. The second-order valence-corrected chi connectivity index (χ2v) is 5.63. The van der Waals surface area contributed by atoms with Gasteiger partial charge < -0.3 is 10.6 Å². The summed E-state index contributed by atoms with van der Waals surface area (Å²) < 4.78 is 0. The van der Waals surface area contributed by atoms with Crippen molar-refractivity contribution in [1.29, 1.82) is 0 Å². The minimum absolute atomic E-state index is 0.0934. The van der Waals surface area contributed by atoms with Crippen molar-refractivity contribution >= 4 is 28.9 Å². The maximum atomic E-state index is 12.4. The van der Waals surface area contributed by atoms with Crippen LogP contribution in [0.25, 0.3) is 0 Å². The number of hydrogen-bond donors (Lipinski definition) is 2. The summed E-state index contributed by atoms with van der Waals surface area (Å²) >= 11 is 0. The SMILES string of the molecule is O=C(Nc1ccc(C(=O)c2ccccc2)cc1)Nc1ccccc1[N+](=O)[O-]. The minimum Gasteiger partial charge on any atom is -0.308 e. The van der Waals surface area contributed by atoms with Crippen LogP contribution in [0, 0.1) is 10.1 Å². The number of nitrogens with zero attached hydrogens (tertiary/aromatic N) is 1. The van der Waals surface area contributed by atoms with E-state index in [0.29, 0.717) is 16.8 Å². The number of ketones is 1. The molecule has 0 aliphatic carbocycles. The summed E-state index contributed by atoms with van der Waals surface area (Å²) in [6.07, 6.45) is 0. The highest BCUT2D eigenvalue weighted by Crippen LogP contribution is 2.23. The molecule has 27 heavy (non-hydrogen) atoms. The smallest absolute Gasteiger partial charge is 0.308 e. The molecule has 0 aliphatic rings. The Morgan fingerprint density at radius 3 is 2.00 bits per heavy atom. The average molecular weight is 361 g/mol. The zero-order valence-electron chi connectivity index (χ0n) is 14.1. The van der Waals surface area contributed by atoms with Crippen LogP contribution in [0.1, 0.15) is 15.9 Å². The predicted molar refractivity (Wildman–Crippen MR) is 102 cm³/mol. The van der Waals surface area contributed by atoms with E-state index in [4.69, 9.17) is 0 Å². The number of hydrogen-bond acceptors (Lipinski definition) is 4. The zero-order chi connectivity index (χ0) is 19.2. The molecule has 2 amide bonds. The van der Waals surface area contributed by atoms with Gasteiger partial charge in [0.2, 0.25) is 0 Å².